The van der Waals surface area contributed by atoms with E-state index in [4.69, 9.17) is 4.42 Å². The summed E-state index contributed by atoms with van der Waals surface area (Å²) in [4.78, 5) is 23.6. The Kier molecular flexibility index (Phi) is 5.11. The Hall–Kier alpha value is -3.87. The molecular formula is C22H20N4O3. The zero-order valence-corrected chi connectivity index (χ0v) is 15.9. The van der Waals surface area contributed by atoms with E-state index in [2.05, 4.69) is 39.5 Å². The number of nitrogens with one attached hydrogen (secondary N) is 2. The Morgan fingerprint density at radius 3 is 2.66 bits per heavy atom. The third-order valence-electron chi connectivity index (χ3n) is 4.70. The molecule has 4 rings (SSSR count). The lowest BCUT2D eigenvalue weighted by atomic mass is 10.1. The van der Waals surface area contributed by atoms with Gasteiger partial charge in [-0.1, -0.05) is 24.3 Å². The number of hydrogen-bond donors (Lipinski definition) is 2. The van der Waals surface area contributed by atoms with Gasteiger partial charge in [0.1, 0.15) is 5.76 Å². The first-order valence-electron chi connectivity index (χ1n) is 9.32. The van der Waals surface area contributed by atoms with Gasteiger partial charge >= 0.3 is 11.8 Å². The van der Waals surface area contributed by atoms with E-state index in [0.29, 0.717) is 5.76 Å². The molecule has 2 aromatic heterocycles. The van der Waals surface area contributed by atoms with Gasteiger partial charge in [0.2, 0.25) is 0 Å². The molecule has 0 aliphatic carbocycles. The SMILES string of the molecule is CCn1c2ccccc2c2cc(/C=N/NC(=O)C(=O)NCc3ccco3)ccc21. The normalized spacial score (nSPS) is 11.3. The summed E-state index contributed by atoms with van der Waals surface area (Å²) in [6.45, 7) is 3.13. The van der Waals surface area contributed by atoms with Gasteiger partial charge in [0.25, 0.3) is 0 Å². The van der Waals surface area contributed by atoms with Crippen LogP contribution in [0.25, 0.3) is 21.8 Å². The van der Waals surface area contributed by atoms with Crippen molar-refractivity contribution in [2.45, 2.75) is 20.0 Å². The number of furan rings is 1. The fourth-order valence-corrected chi connectivity index (χ4v) is 3.37. The summed E-state index contributed by atoms with van der Waals surface area (Å²) in [7, 11) is 0. The quantitative estimate of drug-likeness (QED) is 0.313. The average Bonchev–Trinajstić information content (AvgIpc) is 3.37. The van der Waals surface area contributed by atoms with Crippen LogP contribution in [0, 0.1) is 0 Å². The first kappa shape index (κ1) is 18.5. The minimum atomic E-state index is -0.837. The van der Waals surface area contributed by atoms with E-state index in [9.17, 15) is 9.59 Å². The summed E-state index contributed by atoms with van der Waals surface area (Å²) in [5.41, 5.74) is 5.40. The Balaban J connectivity index is 1.46. The number of amides is 2. The summed E-state index contributed by atoms with van der Waals surface area (Å²) in [5.74, 6) is -1.05. The maximum Gasteiger partial charge on any atom is 0.329 e. The molecule has 0 aliphatic rings. The molecule has 4 aromatic rings. The van der Waals surface area contributed by atoms with Crippen molar-refractivity contribution in [2.75, 3.05) is 0 Å². The van der Waals surface area contributed by atoms with E-state index in [1.54, 1.807) is 12.1 Å². The topological polar surface area (TPSA) is 88.6 Å². The van der Waals surface area contributed by atoms with Gasteiger partial charge in [0, 0.05) is 28.4 Å². The highest BCUT2D eigenvalue weighted by atomic mass is 16.3. The molecule has 2 N–H and O–H groups in total. The summed E-state index contributed by atoms with van der Waals surface area (Å²) < 4.78 is 7.36. The second-order valence-corrected chi connectivity index (χ2v) is 6.50. The average molecular weight is 388 g/mol. The van der Waals surface area contributed by atoms with Crippen LogP contribution in [0.5, 0.6) is 0 Å². The summed E-state index contributed by atoms with van der Waals surface area (Å²) >= 11 is 0. The molecule has 0 fully saturated rings. The number of hydrazone groups is 1. The van der Waals surface area contributed by atoms with Crippen LogP contribution in [0.2, 0.25) is 0 Å². The molecule has 0 saturated carbocycles. The summed E-state index contributed by atoms with van der Waals surface area (Å²) in [5, 5.41) is 8.66. The first-order valence-corrected chi connectivity index (χ1v) is 9.32. The van der Waals surface area contributed by atoms with Crippen molar-refractivity contribution in [3.8, 4) is 0 Å². The fraction of sp³-hybridized carbons (Fsp3) is 0.136. The smallest absolute Gasteiger partial charge is 0.329 e. The third kappa shape index (κ3) is 3.75. The lowest BCUT2D eigenvalue weighted by Crippen LogP contribution is -2.37. The van der Waals surface area contributed by atoms with Crippen LogP contribution in [0.15, 0.2) is 70.4 Å². The van der Waals surface area contributed by atoms with Crippen molar-refractivity contribution in [2.24, 2.45) is 5.10 Å². The monoisotopic (exact) mass is 388 g/mol. The molecule has 0 bridgehead atoms. The van der Waals surface area contributed by atoms with Crippen molar-refractivity contribution in [3.05, 3.63) is 72.2 Å². The molecule has 2 aromatic carbocycles. The standard InChI is InChI=1S/C22H20N4O3/c1-2-26-19-8-4-3-7-17(19)18-12-15(9-10-20(18)26)13-24-25-22(28)21(27)23-14-16-6-5-11-29-16/h3-13H,2,14H2,1H3,(H,23,27)(H,25,28)/b24-13+. The van der Waals surface area contributed by atoms with Gasteiger partial charge in [-0.15, -0.1) is 0 Å². The first-order chi connectivity index (χ1) is 14.2. The highest BCUT2D eigenvalue weighted by Crippen LogP contribution is 2.29. The van der Waals surface area contributed by atoms with E-state index >= 15 is 0 Å². The number of para-hydroxylation sites is 1. The highest BCUT2D eigenvalue weighted by Gasteiger charge is 2.13. The van der Waals surface area contributed by atoms with E-state index in [1.165, 1.54) is 23.4 Å². The van der Waals surface area contributed by atoms with Gasteiger partial charge in [-0.2, -0.15) is 5.10 Å². The van der Waals surface area contributed by atoms with Crippen molar-refractivity contribution in [3.63, 3.8) is 0 Å². The van der Waals surface area contributed by atoms with E-state index in [1.807, 2.05) is 30.3 Å². The Morgan fingerprint density at radius 2 is 1.86 bits per heavy atom. The van der Waals surface area contributed by atoms with Crippen LogP contribution >= 0.6 is 0 Å². The van der Waals surface area contributed by atoms with E-state index in [0.717, 1.165) is 23.0 Å². The predicted octanol–water partition coefficient (Wildman–Crippen LogP) is 3.17. The number of rotatable bonds is 5. The number of aryl methyl sites for hydroxylation is 1. The third-order valence-corrected chi connectivity index (χ3v) is 4.70. The maximum absolute atomic E-state index is 11.9. The molecule has 146 valence electrons. The minimum absolute atomic E-state index is 0.140. The maximum atomic E-state index is 11.9. The van der Waals surface area contributed by atoms with Crippen LogP contribution in [0.3, 0.4) is 0 Å². The molecule has 0 unspecified atom stereocenters. The molecule has 29 heavy (non-hydrogen) atoms. The van der Waals surface area contributed by atoms with Crippen LogP contribution in [0.1, 0.15) is 18.2 Å². The molecule has 7 nitrogen and oxygen atoms in total. The minimum Gasteiger partial charge on any atom is -0.467 e. The molecule has 0 saturated heterocycles. The number of aromatic nitrogens is 1. The highest BCUT2D eigenvalue weighted by molar-refractivity contribution is 6.35. The second-order valence-electron chi connectivity index (χ2n) is 6.50. The van der Waals surface area contributed by atoms with Gasteiger partial charge in [-0.05, 0) is 42.8 Å². The molecule has 0 atom stereocenters. The molecule has 7 heteroatoms. The van der Waals surface area contributed by atoms with Crippen molar-refractivity contribution in [1.82, 2.24) is 15.3 Å². The van der Waals surface area contributed by atoms with Crippen molar-refractivity contribution in [1.29, 1.82) is 0 Å². The predicted molar refractivity (Wildman–Crippen MR) is 111 cm³/mol. The Morgan fingerprint density at radius 1 is 1.03 bits per heavy atom. The van der Waals surface area contributed by atoms with Crippen LogP contribution < -0.4 is 10.7 Å². The number of benzene rings is 2. The van der Waals surface area contributed by atoms with Gasteiger partial charge in [-0.25, -0.2) is 5.43 Å². The van der Waals surface area contributed by atoms with E-state index in [-0.39, 0.29) is 6.54 Å². The lowest BCUT2D eigenvalue weighted by molar-refractivity contribution is -0.139. The summed E-state index contributed by atoms with van der Waals surface area (Å²) in [6, 6.07) is 17.7. The Labute approximate surface area is 167 Å². The van der Waals surface area contributed by atoms with Crippen molar-refractivity contribution >= 4 is 39.8 Å². The van der Waals surface area contributed by atoms with Gasteiger partial charge in [0.05, 0.1) is 19.0 Å². The van der Waals surface area contributed by atoms with Crippen LogP contribution in [-0.4, -0.2) is 22.6 Å². The molecule has 2 amide bonds. The molecular weight excluding hydrogens is 368 g/mol. The van der Waals surface area contributed by atoms with Gasteiger partial charge < -0.3 is 14.3 Å². The molecule has 0 spiro atoms. The zero-order valence-electron chi connectivity index (χ0n) is 15.9. The lowest BCUT2D eigenvalue weighted by Gasteiger charge is -2.03. The number of fused-ring (bicyclic) bond motifs is 3. The van der Waals surface area contributed by atoms with Crippen molar-refractivity contribution < 1.29 is 14.0 Å². The van der Waals surface area contributed by atoms with Gasteiger partial charge in [-0.3, -0.25) is 9.59 Å². The molecule has 0 radical (unpaired) electrons. The fourth-order valence-electron chi connectivity index (χ4n) is 3.37. The van der Waals surface area contributed by atoms with Crippen LogP contribution in [0.4, 0.5) is 0 Å². The Bertz CT molecular complexity index is 1210. The number of hydrogen-bond acceptors (Lipinski definition) is 4. The van der Waals surface area contributed by atoms with E-state index < -0.39 is 11.8 Å². The second kappa shape index (κ2) is 8.02. The number of nitrogens with zero attached hydrogens (tertiary/aromatic N) is 2. The number of carbonyl (C=O) groups excluding carboxylic acids is 2. The molecule has 2 heterocycles. The van der Waals surface area contributed by atoms with Crippen LogP contribution in [-0.2, 0) is 22.7 Å². The molecule has 0 aliphatic heterocycles. The zero-order chi connectivity index (χ0) is 20.2. The van der Waals surface area contributed by atoms with Gasteiger partial charge in [0.15, 0.2) is 0 Å². The largest absolute Gasteiger partial charge is 0.467 e. The summed E-state index contributed by atoms with van der Waals surface area (Å²) in [6.07, 6.45) is 3.02. The number of carbonyl (C=O) groups is 2.